The van der Waals surface area contributed by atoms with E-state index in [0.717, 1.165) is 27.4 Å². The van der Waals surface area contributed by atoms with Crippen LogP contribution >= 0.6 is 23.2 Å². The average molecular weight is 645 g/mol. The molecular formula is C29H27Cl2N5O6S. The van der Waals surface area contributed by atoms with Crippen molar-refractivity contribution in [3.8, 4) is 11.4 Å². The van der Waals surface area contributed by atoms with E-state index in [4.69, 9.17) is 27.9 Å². The van der Waals surface area contributed by atoms with Crippen LogP contribution in [0.4, 0.5) is 11.4 Å². The number of anilines is 1. The maximum Gasteiger partial charge on any atom is 0.273 e. The number of aryl methyl sites for hydroxylation is 2. The van der Waals surface area contributed by atoms with Gasteiger partial charge in [0.25, 0.3) is 21.6 Å². The van der Waals surface area contributed by atoms with Gasteiger partial charge in [-0.2, -0.15) is 5.10 Å². The first-order chi connectivity index (χ1) is 20.3. The standard InChI is InChI=1S/C29H27Cl2N5O6S/c1-18-5-11-25(15-28(18)36(38)39)43(40,41)34(22-6-9-24(42-4)10-7-22)17-29(37)33-32-16-21-13-19(2)35(20(21)3)23-8-12-26(30)27(31)14-23/h5-16H,17H2,1-4H3,(H,33,37)/b32-16+. The van der Waals surface area contributed by atoms with Crippen molar-refractivity contribution in [2.45, 2.75) is 25.7 Å². The van der Waals surface area contributed by atoms with Crippen molar-refractivity contribution in [1.82, 2.24) is 9.99 Å². The lowest BCUT2D eigenvalue weighted by atomic mass is 10.2. The number of hydrogen-bond acceptors (Lipinski definition) is 7. The number of hydrogen-bond donors (Lipinski definition) is 1. The molecule has 1 heterocycles. The van der Waals surface area contributed by atoms with Gasteiger partial charge < -0.3 is 9.30 Å². The molecule has 0 saturated carbocycles. The van der Waals surface area contributed by atoms with E-state index in [9.17, 15) is 23.3 Å². The average Bonchev–Trinajstić information content (AvgIpc) is 3.25. The van der Waals surface area contributed by atoms with Gasteiger partial charge in [0.15, 0.2) is 0 Å². The molecule has 3 aromatic carbocycles. The lowest BCUT2D eigenvalue weighted by Gasteiger charge is -2.24. The minimum absolute atomic E-state index is 0.147. The summed E-state index contributed by atoms with van der Waals surface area (Å²) in [6.07, 6.45) is 1.45. The Labute approximate surface area is 258 Å². The van der Waals surface area contributed by atoms with Crippen molar-refractivity contribution in [2.24, 2.45) is 5.10 Å². The van der Waals surface area contributed by atoms with Gasteiger partial charge in [-0.15, -0.1) is 0 Å². The van der Waals surface area contributed by atoms with E-state index in [-0.39, 0.29) is 16.3 Å². The van der Waals surface area contributed by atoms with Gasteiger partial charge in [0, 0.05) is 34.3 Å². The molecule has 1 aromatic heterocycles. The number of nitrogens with one attached hydrogen (secondary N) is 1. The highest BCUT2D eigenvalue weighted by atomic mass is 35.5. The third-order valence-electron chi connectivity index (χ3n) is 6.64. The number of benzene rings is 3. The van der Waals surface area contributed by atoms with Crippen molar-refractivity contribution in [1.29, 1.82) is 0 Å². The number of amides is 1. The largest absolute Gasteiger partial charge is 0.497 e. The Morgan fingerprint density at radius 3 is 2.37 bits per heavy atom. The molecule has 0 saturated heterocycles. The molecule has 0 atom stereocenters. The Hall–Kier alpha value is -4.39. The number of nitrogens with zero attached hydrogens (tertiary/aromatic N) is 4. The Kier molecular flexibility index (Phi) is 9.43. The predicted molar refractivity (Wildman–Crippen MR) is 166 cm³/mol. The molecule has 4 rings (SSSR count). The van der Waals surface area contributed by atoms with E-state index in [1.165, 1.54) is 56.6 Å². The summed E-state index contributed by atoms with van der Waals surface area (Å²) in [6, 6.07) is 16.7. The Morgan fingerprint density at radius 1 is 1.05 bits per heavy atom. The third kappa shape index (κ3) is 6.82. The van der Waals surface area contributed by atoms with E-state index in [1.807, 2.05) is 30.5 Å². The molecule has 43 heavy (non-hydrogen) atoms. The van der Waals surface area contributed by atoms with Crippen LogP contribution in [0.15, 0.2) is 76.7 Å². The second-order valence-electron chi connectivity index (χ2n) is 9.47. The number of sulfonamides is 1. The number of methoxy groups -OCH3 is 1. The summed E-state index contributed by atoms with van der Waals surface area (Å²) in [7, 11) is -2.95. The third-order valence-corrected chi connectivity index (χ3v) is 9.15. The number of carbonyl (C=O) groups is 1. The zero-order chi connectivity index (χ0) is 31.5. The molecule has 0 unspecified atom stereocenters. The van der Waals surface area contributed by atoms with Crippen molar-refractivity contribution < 1.29 is 22.9 Å². The van der Waals surface area contributed by atoms with Crippen molar-refractivity contribution in [3.05, 3.63) is 109 Å². The predicted octanol–water partition coefficient (Wildman–Crippen LogP) is 5.97. The van der Waals surface area contributed by atoms with E-state index < -0.39 is 27.4 Å². The quantitative estimate of drug-likeness (QED) is 0.128. The molecule has 0 spiro atoms. The lowest BCUT2D eigenvalue weighted by Crippen LogP contribution is -2.39. The minimum atomic E-state index is -4.41. The van der Waals surface area contributed by atoms with Crippen LogP contribution in [0.3, 0.4) is 0 Å². The maximum atomic E-state index is 13.7. The summed E-state index contributed by atoms with van der Waals surface area (Å²) in [5, 5.41) is 16.4. The Bertz CT molecular complexity index is 1840. The number of nitro groups is 1. The van der Waals surface area contributed by atoms with Gasteiger partial charge in [0.05, 0.1) is 38.9 Å². The number of nitro benzene ring substituents is 1. The van der Waals surface area contributed by atoms with E-state index in [2.05, 4.69) is 10.5 Å². The molecule has 0 bridgehead atoms. The van der Waals surface area contributed by atoms with Crippen LogP contribution in [0, 0.1) is 30.9 Å². The molecule has 0 aliphatic carbocycles. The fourth-order valence-corrected chi connectivity index (χ4v) is 6.15. The molecule has 11 nitrogen and oxygen atoms in total. The van der Waals surface area contributed by atoms with Gasteiger partial charge in [-0.1, -0.05) is 29.3 Å². The van der Waals surface area contributed by atoms with Gasteiger partial charge in [-0.3, -0.25) is 19.2 Å². The molecule has 4 aromatic rings. The first-order valence-corrected chi connectivity index (χ1v) is 14.9. The monoisotopic (exact) mass is 643 g/mol. The van der Waals surface area contributed by atoms with Gasteiger partial charge in [-0.05, 0) is 75.4 Å². The summed E-state index contributed by atoms with van der Waals surface area (Å²) in [6.45, 7) is 4.62. The van der Waals surface area contributed by atoms with Crippen molar-refractivity contribution in [3.63, 3.8) is 0 Å². The highest BCUT2D eigenvalue weighted by molar-refractivity contribution is 7.92. The van der Waals surface area contributed by atoms with Crippen LogP contribution < -0.4 is 14.5 Å². The summed E-state index contributed by atoms with van der Waals surface area (Å²) in [5.74, 6) is -0.268. The lowest BCUT2D eigenvalue weighted by molar-refractivity contribution is -0.385. The first-order valence-electron chi connectivity index (χ1n) is 12.7. The molecule has 1 N–H and O–H groups in total. The molecular weight excluding hydrogens is 617 g/mol. The van der Waals surface area contributed by atoms with Gasteiger partial charge in [-0.25, -0.2) is 13.8 Å². The molecule has 14 heteroatoms. The highest BCUT2D eigenvalue weighted by Crippen LogP contribution is 2.30. The molecule has 0 fully saturated rings. The highest BCUT2D eigenvalue weighted by Gasteiger charge is 2.29. The summed E-state index contributed by atoms with van der Waals surface area (Å²) in [4.78, 5) is 23.5. The summed E-state index contributed by atoms with van der Waals surface area (Å²) in [5.41, 5.74) is 5.66. The summed E-state index contributed by atoms with van der Waals surface area (Å²) < 4.78 is 35.4. The van der Waals surface area contributed by atoms with Gasteiger partial charge in [0.1, 0.15) is 12.3 Å². The number of rotatable bonds is 10. The first kappa shape index (κ1) is 31.5. The number of hydrazone groups is 1. The molecule has 0 radical (unpaired) electrons. The fraction of sp³-hybridized carbons (Fsp3) is 0.172. The van der Waals surface area contributed by atoms with Crippen molar-refractivity contribution >= 4 is 56.7 Å². The smallest absolute Gasteiger partial charge is 0.273 e. The van der Waals surface area contributed by atoms with Crippen LogP contribution in [0.1, 0.15) is 22.5 Å². The molecule has 224 valence electrons. The topological polar surface area (TPSA) is 136 Å². The number of carbonyl (C=O) groups excluding carboxylic acids is 1. The van der Waals surface area contributed by atoms with Crippen LogP contribution in [0.5, 0.6) is 5.75 Å². The molecule has 1 amide bonds. The van der Waals surface area contributed by atoms with Crippen LogP contribution in [-0.2, 0) is 14.8 Å². The zero-order valence-corrected chi connectivity index (χ0v) is 25.9. The zero-order valence-electron chi connectivity index (χ0n) is 23.5. The van der Waals surface area contributed by atoms with Gasteiger partial charge >= 0.3 is 0 Å². The molecule has 0 aliphatic heterocycles. The minimum Gasteiger partial charge on any atom is -0.497 e. The van der Waals surface area contributed by atoms with Gasteiger partial charge in [0.2, 0.25) is 0 Å². The maximum absolute atomic E-state index is 13.7. The van der Waals surface area contributed by atoms with Crippen LogP contribution in [0.25, 0.3) is 5.69 Å². The fourth-order valence-electron chi connectivity index (χ4n) is 4.42. The van der Waals surface area contributed by atoms with E-state index in [1.54, 1.807) is 12.1 Å². The van der Waals surface area contributed by atoms with E-state index in [0.29, 0.717) is 26.9 Å². The normalized spacial score (nSPS) is 11.5. The Balaban J connectivity index is 1.60. The second kappa shape index (κ2) is 12.9. The second-order valence-corrected chi connectivity index (χ2v) is 12.1. The van der Waals surface area contributed by atoms with E-state index >= 15 is 0 Å². The summed E-state index contributed by atoms with van der Waals surface area (Å²) >= 11 is 12.2. The molecule has 0 aliphatic rings. The Morgan fingerprint density at radius 2 is 1.74 bits per heavy atom. The number of aromatic nitrogens is 1. The number of ether oxygens (including phenoxy) is 1. The van der Waals surface area contributed by atoms with Crippen LogP contribution in [-0.4, -0.2) is 43.7 Å². The van der Waals surface area contributed by atoms with Crippen LogP contribution in [0.2, 0.25) is 10.0 Å². The number of halogens is 2. The van der Waals surface area contributed by atoms with Crippen molar-refractivity contribution in [2.75, 3.05) is 18.0 Å². The SMILES string of the molecule is COc1ccc(N(CC(=O)N/N=C/c2cc(C)n(-c3ccc(Cl)c(Cl)c3)c2C)S(=O)(=O)c2ccc(C)c([N+](=O)[O-])c2)cc1.